The fourth-order valence-corrected chi connectivity index (χ4v) is 5.23. The Morgan fingerprint density at radius 2 is 1.66 bits per heavy atom. The number of rotatable bonds is 6. The minimum absolute atomic E-state index is 0.0261. The standard InChI is InChI=1S/C22H29N3O3S/c1-24(2)21-15-8-7-14-20(21)23-22(26)17-10-9-13-19(16-17)29(27,28)25(3)18-11-5-4-6-12-18/h7-10,13-16,18H,4-6,11-12H2,1-3H3,(H,23,26). The molecule has 2 aromatic carbocycles. The van der Waals surface area contributed by atoms with Crippen LogP contribution in [0.15, 0.2) is 53.4 Å². The zero-order valence-corrected chi connectivity index (χ0v) is 18.1. The van der Waals surface area contributed by atoms with Crippen LogP contribution in [0.3, 0.4) is 0 Å². The van der Waals surface area contributed by atoms with Gasteiger partial charge in [0, 0.05) is 32.7 Å². The molecule has 29 heavy (non-hydrogen) atoms. The zero-order valence-electron chi connectivity index (χ0n) is 17.3. The Kier molecular flexibility index (Phi) is 6.59. The van der Waals surface area contributed by atoms with Gasteiger partial charge in [-0.3, -0.25) is 4.79 Å². The van der Waals surface area contributed by atoms with Crippen LogP contribution in [0, 0.1) is 0 Å². The lowest BCUT2D eigenvalue weighted by molar-refractivity contribution is 0.102. The molecule has 0 bridgehead atoms. The highest BCUT2D eigenvalue weighted by Crippen LogP contribution is 2.27. The summed E-state index contributed by atoms with van der Waals surface area (Å²) in [5.74, 6) is -0.336. The van der Waals surface area contributed by atoms with Gasteiger partial charge in [-0.1, -0.05) is 37.5 Å². The molecular weight excluding hydrogens is 386 g/mol. The topological polar surface area (TPSA) is 69.7 Å². The van der Waals surface area contributed by atoms with Gasteiger partial charge in [0.2, 0.25) is 10.0 Å². The van der Waals surface area contributed by atoms with E-state index in [9.17, 15) is 13.2 Å². The van der Waals surface area contributed by atoms with Crippen molar-refractivity contribution in [3.63, 3.8) is 0 Å². The Morgan fingerprint density at radius 3 is 2.34 bits per heavy atom. The molecule has 1 amide bonds. The van der Waals surface area contributed by atoms with Crippen molar-refractivity contribution in [3.8, 4) is 0 Å². The molecule has 1 aliphatic carbocycles. The lowest BCUT2D eigenvalue weighted by Crippen LogP contribution is -2.38. The van der Waals surface area contributed by atoms with Crippen LogP contribution >= 0.6 is 0 Å². The number of para-hydroxylation sites is 2. The molecule has 1 N–H and O–H groups in total. The first-order chi connectivity index (χ1) is 13.8. The summed E-state index contributed by atoms with van der Waals surface area (Å²) in [6, 6.07) is 13.8. The van der Waals surface area contributed by atoms with E-state index in [0.29, 0.717) is 11.3 Å². The second-order valence-corrected chi connectivity index (χ2v) is 9.70. The van der Waals surface area contributed by atoms with Crippen LogP contribution in [0.1, 0.15) is 42.5 Å². The monoisotopic (exact) mass is 415 g/mol. The van der Waals surface area contributed by atoms with Crippen molar-refractivity contribution in [2.24, 2.45) is 0 Å². The van der Waals surface area contributed by atoms with Crippen LogP contribution in [0.2, 0.25) is 0 Å². The number of carbonyl (C=O) groups is 1. The Bertz CT molecular complexity index is 967. The van der Waals surface area contributed by atoms with Crippen LogP contribution < -0.4 is 10.2 Å². The lowest BCUT2D eigenvalue weighted by Gasteiger charge is -2.30. The predicted octanol–water partition coefficient (Wildman–Crippen LogP) is 3.96. The molecule has 1 aliphatic rings. The molecule has 0 spiro atoms. The summed E-state index contributed by atoms with van der Waals surface area (Å²) in [7, 11) is 1.80. The zero-order chi connectivity index (χ0) is 21.0. The second kappa shape index (κ2) is 8.97. The number of benzene rings is 2. The van der Waals surface area contributed by atoms with Gasteiger partial charge in [0.1, 0.15) is 0 Å². The van der Waals surface area contributed by atoms with Gasteiger partial charge in [0.05, 0.1) is 16.3 Å². The molecule has 156 valence electrons. The number of hydrogen-bond acceptors (Lipinski definition) is 4. The highest BCUT2D eigenvalue weighted by Gasteiger charge is 2.29. The van der Waals surface area contributed by atoms with E-state index in [2.05, 4.69) is 5.32 Å². The smallest absolute Gasteiger partial charge is 0.255 e. The van der Waals surface area contributed by atoms with Crippen molar-refractivity contribution in [2.45, 2.75) is 43.0 Å². The van der Waals surface area contributed by atoms with Gasteiger partial charge in [0.25, 0.3) is 5.91 Å². The van der Waals surface area contributed by atoms with Crippen LogP contribution in [-0.2, 0) is 10.0 Å². The summed E-state index contributed by atoms with van der Waals surface area (Å²) < 4.78 is 27.7. The summed E-state index contributed by atoms with van der Waals surface area (Å²) in [6.45, 7) is 0. The maximum Gasteiger partial charge on any atom is 0.255 e. The average molecular weight is 416 g/mol. The quantitative estimate of drug-likeness (QED) is 0.775. The molecule has 0 heterocycles. The van der Waals surface area contributed by atoms with Crippen LogP contribution in [0.4, 0.5) is 11.4 Å². The Balaban J connectivity index is 1.83. The molecule has 2 aromatic rings. The maximum absolute atomic E-state index is 13.1. The van der Waals surface area contributed by atoms with Crippen molar-refractivity contribution < 1.29 is 13.2 Å². The minimum Gasteiger partial charge on any atom is -0.376 e. The largest absolute Gasteiger partial charge is 0.376 e. The van der Waals surface area contributed by atoms with Gasteiger partial charge < -0.3 is 10.2 Å². The molecule has 7 heteroatoms. The Hall–Kier alpha value is -2.38. The summed E-state index contributed by atoms with van der Waals surface area (Å²) in [5.41, 5.74) is 1.87. The molecule has 1 saturated carbocycles. The molecule has 1 fully saturated rings. The third-order valence-corrected chi connectivity index (χ3v) is 7.40. The number of hydrogen-bond donors (Lipinski definition) is 1. The van der Waals surface area contributed by atoms with E-state index in [1.807, 2.05) is 43.3 Å². The van der Waals surface area contributed by atoms with E-state index >= 15 is 0 Å². The van der Waals surface area contributed by atoms with Crippen molar-refractivity contribution in [2.75, 3.05) is 31.4 Å². The predicted molar refractivity (Wildman–Crippen MR) is 117 cm³/mol. The van der Waals surface area contributed by atoms with Gasteiger partial charge in [-0.2, -0.15) is 4.31 Å². The van der Waals surface area contributed by atoms with Gasteiger partial charge >= 0.3 is 0 Å². The number of anilines is 2. The van der Waals surface area contributed by atoms with Crippen molar-refractivity contribution in [3.05, 3.63) is 54.1 Å². The van der Waals surface area contributed by atoms with Crippen LogP contribution in [0.25, 0.3) is 0 Å². The van der Waals surface area contributed by atoms with Gasteiger partial charge in [-0.25, -0.2) is 8.42 Å². The molecule has 3 rings (SSSR count). The number of nitrogens with zero attached hydrogens (tertiary/aromatic N) is 2. The van der Waals surface area contributed by atoms with Crippen molar-refractivity contribution in [1.29, 1.82) is 0 Å². The van der Waals surface area contributed by atoms with Crippen molar-refractivity contribution in [1.82, 2.24) is 4.31 Å². The molecular formula is C22H29N3O3S. The van der Waals surface area contributed by atoms with E-state index in [0.717, 1.165) is 37.8 Å². The highest BCUT2D eigenvalue weighted by atomic mass is 32.2. The second-order valence-electron chi connectivity index (χ2n) is 7.71. The third-order valence-electron chi connectivity index (χ3n) is 5.50. The average Bonchev–Trinajstić information content (AvgIpc) is 2.74. The molecule has 6 nitrogen and oxygen atoms in total. The van der Waals surface area contributed by atoms with Crippen LogP contribution in [0.5, 0.6) is 0 Å². The van der Waals surface area contributed by atoms with Crippen LogP contribution in [-0.4, -0.2) is 45.8 Å². The molecule has 0 radical (unpaired) electrons. The fraction of sp³-hybridized carbons (Fsp3) is 0.409. The highest BCUT2D eigenvalue weighted by molar-refractivity contribution is 7.89. The molecule has 0 saturated heterocycles. The summed E-state index contributed by atoms with van der Waals surface area (Å²) >= 11 is 0. The SMILES string of the molecule is CN(C)c1ccccc1NC(=O)c1cccc(S(=O)(=O)N(C)C2CCCCC2)c1. The maximum atomic E-state index is 13.1. The molecule has 0 aliphatic heterocycles. The van der Waals surface area contributed by atoms with E-state index < -0.39 is 10.0 Å². The third kappa shape index (κ3) is 4.79. The van der Waals surface area contributed by atoms with Crippen molar-refractivity contribution >= 4 is 27.3 Å². The number of carbonyl (C=O) groups excluding carboxylic acids is 1. The molecule has 0 unspecified atom stereocenters. The van der Waals surface area contributed by atoms with Gasteiger partial charge in [-0.15, -0.1) is 0 Å². The van der Waals surface area contributed by atoms with E-state index in [1.165, 1.54) is 10.4 Å². The normalized spacial score (nSPS) is 15.3. The number of sulfonamides is 1. The molecule has 0 aromatic heterocycles. The summed E-state index contributed by atoms with van der Waals surface area (Å²) in [4.78, 5) is 14.9. The van der Waals surface area contributed by atoms with E-state index in [4.69, 9.17) is 0 Å². The summed E-state index contributed by atoms with van der Waals surface area (Å²) in [5, 5.41) is 2.89. The minimum atomic E-state index is -3.64. The number of amides is 1. The van der Waals surface area contributed by atoms with E-state index in [1.54, 1.807) is 25.2 Å². The molecule has 0 atom stereocenters. The van der Waals surface area contributed by atoms with Gasteiger partial charge in [-0.05, 0) is 43.2 Å². The Labute approximate surface area is 173 Å². The van der Waals surface area contributed by atoms with Gasteiger partial charge in [0.15, 0.2) is 0 Å². The Morgan fingerprint density at radius 1 is 0.966 bits per heavy atom. The van der Waals surface area contributed by atoms with E-state index in [-0.39, 0.29) is 16.8 Å². The summed E-state index contributed by atoms with van der Waals surface area (Å²) in [6.07, 6.45) is 5.04. The fourth-order valence-electron chi connectivity index (χ4n) is 3.77. The first-order valence-electron chi connectivity index (χ1n) is 9.96. The first kappa shape index (κ1) is 21.3. The first-order valence-corrected chi connectivity index (χ1v) is 11.4. The lowest BCUT2D eigenvalue weighted by atomic mass is 9.96. The number of nitrogens with one attached hydrogen (secondary N) is 1.